The largest absolute Gasteiger partial charge is 0.484 e. The molecule has 0 radical (unpaired) electrons. The van der Waals surface area contributed by atoms with Crippen molar-refractivity contribution in [2.45, 2.75) is 59.4 Å². The number of anilines is 2. The van der Waals surface area contributed by atoms with Crippen molar-refractivity contribution >= 4 is 70.8 Å². The second-order valence-electron chi connectivity index (χ2n) is 16.1. The van der Waals surface area contributed by atoms with Crippen molar-refractivity contribution in [1.82, 2.24) is 34.0 Å². The highest BCUT2D eigenvalue weighted by atomic mass is 32.2. The average molecular weight is 1120 g/mol. The summed E-state index contributed by atoms with van der Waals surface area (Å²) in [7, 11) is 0. The minimum absolute atomic E-state index is 0.171. The van der Waals surface area contributed by atoms with Gasteiger partial charge in [0.2, 0.25) is 12.0 Å². The number of nitrogens with zero attached hydrogens (tertiary/aromatic N) is 11. The van der Waals surface area contributed by atoms with Gasteiger partial charge in [-0.15, -0.1) is 0 Å². The Balaban J connectivity index is 0.000000263. The topological polar surface area (TPSA) is 338 Å². The fourth-order valence-electron chi connectivity index (χ4n) is 6.53. The van der Waals surface area contributed by atoms with Gasteiger partial charge in [-0.05, 0) is 44.4 Å². The van der Waals surface area contributed by atoms with Crippen LogP contribution in [0.3, 0.4) is 0 Å². The first-order valence-corrected chi connectivity index (χ1v) is 27.5. The Kier molecular flexibility index (Phi) is 31.4. The van der Waals surface area contributed by atoms with Gasteiger partial charge in [-0.2, -0.15) is 44.3 Å². The molecule has 6 aromatic rings. The Morgan fingerprint density at radius 3 is 1.72 bits per heavy atom. The number of rotatable bonds is 15. The highest BCUT2D eigenvalue weighted by Gasteiger charge is 2.19. The summed E-state index contributed by atoms with van der Waals surface area (Å²) in [6.45, 7) is 13.7. The van der Waals surface area contributed by atoms with Crippen molar-refractivity contribution in [2.24, 2.45) is 16.5 Å². The van der Waals surface area contributed by atoms with Gasteiger partial charge in [0.25, 0.3) is 5.56 Å². The Morgan fingerprint density at radius 1 is 0.722 bits per heavy atom. The number of hydrogen-bond acceptors (Lipinski definition) is 22. The van der Waals surface area contributed by atoms with Crippen molar-refractivity contribution < 1.29 is 33.3 Å². The molecule has 420 valence electrons. The normalized spacial score (nSPS) is 13.1. The highest BCUT2D eigenvalue weighted by molar-refractivity contribution is 7.99. The van der Waals surface area contributed by atoms with Gasteiger partial charge in [0.1, 0.15) is 11.9 Å². The third-order valence-electron chi connectivity index (χ3n) is 10.5. The van der Waals surface area contributed by atoms with Crippen LogP contribution in [-0.4, -0.2) is 146 Å². The molecule has 5 heterocycles. The smallest absolute Gasteiger partial charge is 0.360 e. The number of ether oxygens (including phenoxy) is 4. The van der Waals surface area contributed by atoms with Crippen molar-refractivity contribution in [2.75, 3.05) is 86.3 Å². The fraction of sp³-hybridized carbons (Fsp3) is 0.389. The lowest BCUT2D eigenvalue weighted by atomic mass is 10.2. The zero-order chi connectivity index (χ0) is 57.6. The number of esters is 3. The molecule has 2 saturated heterocycles. The van der Waals surface area contributed by atoms with E-state index in [1.807, 2.05) is 107 Å². The predicted molar refractivity (Wildman–Crippen MR) is 307 cm³/mol. The van der Waals surface area contributed by atoms with Gasteiger partial charge >= 0.3 is 17.9 Å². The molecule has 0 bridgehead atoms. The highest BCUT2D eigenvalue weighted by Crippen LogP contribution is 2.18. The van der Waals surface area contributed by atoms with Crippen LogP contribution in [0.25, 0.3) is 11.2 Å². The molecule has 2 aliphatic rings. The minimum atomic E-state index is -1.13. The molecular formula is C54H69N15O8S2. The van der Waals surface area contributed by atoms with Gasteiger partial charge in [-0.25, -0.2) is 29.3 Å². The standard InChI is InChI=1S/C16H17N5OS.C13H15N3O2.C8H12N2O3.C7H9N.C5H8N2O2.C5H8N2S/c22-15-13-14(18-16(19-15)20-6-8-23-9-7-20)21(11-17-13)10-12-4-2-1-3-5-12;1-2-18-13(17)11-12(14)16(9-15-11)8-10-6-4-3-5-7-10;1-3-12-6-10-7(5-9)8(11)13-4-2;8-6-7-4-2-1-3-5-7;1-2-9-5(8)4(7)3-6;6-5-7-1-3-8-4-2-7/h1-5,11H,6-10H2,(H,18,19,22);3-7,9H,2,8,14H2,1H3;6-7H,3-4H2,1-2H3;1-5H,6,8H2;4H,2,7H2,1H3;1-4H2. The number of aromatic nitrogens is 6. The van der Waals surface area contributed by atoms with Crippen LogP contribution in [-0.2, 0) is 48.2 Å². The van der Waals surface area contributed by atoms with Gasteiger partial charge in [0, 0.05) is 55.7 Å². The summed E-state index contributed by atoms with van der Waals surface area (Å²) in [4.78, 5) is 68.5. The molecule has 25 heteroatoms. The van der Waals surface area contributed by atoms with E-state index < -0.39 is 30.0 Å². The van der Waals surface area contributed by atoms with E-state index in [0.717, 1.165) is 66.7 Å². The third kappa shape index (κ3) is 23.8. The van der Waals surface area contributed by atoms with E-state index in [9.17, 15) is 19.2 Å². The monoisotopic (exact) mass is 1120 g/mol. The van der Waals surface area contributed by atoms with Gasteiger partial charge in [-0.1, -0.05) is 91.0 Å². The lowest BCUT2D eigenvalue weighted by molar-refractivity contribution is -0.144. The number of carbonyl (C=O) groups excluding carboxylic acids is 3. The summed E-state index contributed by atoms with van der Waals surface area (Å²) in [6.07, 6.45) is 6.45. The van der Waals surface area contributed by atoms with E-state index in [2.05, 4.69) is 57.6 Å². The number of aliphatic imine (C=N–C) groups is 1. The summed E-state index contributed by atoms with van der Waals surface area (Å²) in [5.74, 6) is 3.54. The van der Waals surface area contributed by atoms with Crippen molar-refractivity contribution in [3.63, 3.8) is 0 Å². The van der Waals surface area contributed by atoms with Gasteiger partial charge < -0.3 is 55.1 Å². The third-order valence-corrected chi connectivity index (χ3v) is 12.4. The van der Waals surface area contributed by atoms with E-state index in [0.29, 0.717) is 55.8 Å². The summed E-state index contributed by atoms with van der Waals surface area (Å²) < 4.78 is 22.3. The number of nitriles is 3. The molecular weight excluding hydrogens is 1050 g/mol. The van der Waals surface area contributed by atoms with Crippen LogP contribution >= 0.6 is 23.5 Å². The van der Waals surface area contributed by atoms with Crippen LogP contribution in [0.15, 0.2) is 113 Å². The van der Waals surface area contributed by atoms with E-state index in [-0.39, 0.29) is 24.5 Å². The molecule has 0 saturated carbocycles. The quantitative estimate of drug-likeness (QED) is 0.0346. The van der Waals surface area contributed by atoms with Crippen LogP contribution < -0.4 is 27.7 Å². The maximum Gasteiger partial charge on any atom is 0.360 e. The maximum atomic E-state index is 12.3. The molecule has 3 aromatic carbocycles. The average Bonchev–Trinajstić information content (AvgIpc) is 4.13. The van der Waals surface area contributed by atoms with Crippen LogP contribution in [0.1, 0.15) is 54.9 Å². The lowest BCUT2D eigenvalue weighted by Crippen LogP contribution is -2.35. The Bertz CT molecular complexity index is 2930. The molecule has 7 N–H and O–H groups in total. The summed E-state index contributed by atoms with van der Waals surface area (Å²) >= 11 is 3.85. The van der Waals surface area contributed by atoms with Crippen molar-refractivity contribution in [1.29, 1.82) is 15.8 Å². The molecule has 3 aromatic heterocycles. The van der Waals surface area contributed by atoms with Crippen molar-refractivity contribution in [3.05, 3.63) is 136 Å². The second kappa shape index (κ2) is 38.2. The zero-order valence-corrected chi connectivity index (χ0v) is 46.5. The first-order valence-electron chi connectivity index (χ1n) is 25.2. The summed E-state index contributed by atoms with van der Waals surface area (Å²) in [5, 5.41) is 24.9. The van der Waals surface area contributed by atoms with Gasteiger partial charge in [-0.3, -0.25) is 9.78 Å². The molecule has 0 amide bonds. The molecule has 2 unspecified atom stereocenters. The molecule has 2 aliphatic heterocycles. The predicted octanol–water partition coefficient (Wildman–Crippen LogP) is 4.98. The van der Waals surface area contributed by atoms with E-state index in [1.54, 1.807) is 62.0 Å². The van der Waals surface area contributed by atoms with Crippen molar-refractivity contribution in [3.8, 4) is 18.3 Å². The van der Waals surface area contributed by atoms with E-state index in [1.165, 1.54) is 5.56 Å². The molecule has 79 heavy (non-hydrogen) atoms. The van der Waals surface area contributed by atoms with Gasteiger partial charge in [0.05, 0.1) is 58.2 Å². The Labute approximate surface area is 468 Å². The van der Waals surface area contributed by atoms with E-state index >= 15 is 0 Å². The molecule has 0 aliphatic carbocycles. The number of nitrogen functional groups attached to an aromatic ring is 1. The van der Waals surface area contributed by atoms with Crippen LogP contribution in [0.2, 0.25) is 0 Å². The number of thioether (sulfide) groups is 2. The number of nitrogens with two attached hydrogens (primary N) is 3. The van der Waals surface area contributed by atoms with Crippen LogP contribution in [0.4, 0.5) is 11.8 Å². The summed E-state index contributed by atoms with van der Waals surface area (Å²) in [5.41, 5.74) is 20.7. The number of H-pyrrole nitrogens is 1. The number of carbonyl (C=O) groups is 3. The SMILES string of the molecule is CCOC(=O)C(N)C#N.CCOC(=O)c1ncn(Cc2ccccc2)c1N.CCOC=NC(C#N)C(=O)OCC.N#CN1CCSCC1.NCc1ccccc1.O=c1[nH]c(N2CCSCC2)nc2c1ncn2Cc1ccccc1. The zero-order valence-electron chi connectivity index (χ0n) is 44.9. The van der Waals surface area contributed by atoms with Crippen LogP contribution in [0, 0.1) is 34.1 Å². The molecule has 8 rings (SSSR count). The minimum Gasteiger partial charge on any atom is -0.484 e. The number of imidazole rings is 2. The Hall–Kier alpha value is -8.41. The van der Waals surface area contributed by atoms with Gasteiger partial charge in [0.15, 0.2) is 35.5 Å². The van der Waals surface area contributed by atoms with E-state index in [4.69, 9.17) is 42.5 Å². The lowest BCUT2D eigenvalue weighted by Gasteiger charge is -2.26. The molecule has 2 fully saturated rings. The van der Waals surface area contributed by atoms with Crippen LogP contribution in [0.5, 0.6) is 0 Å². The number of fused-ring (bicyclic) bond motifs is 1. The molecule has 2 atom stereocenters. The number of hydrogen-bond donors (Lipinski definition) is 4. The number of benzene rings is 3. The number of aromatic amines is 1. The molecule has 23 nitrogen and oxygen atoms in total. The first kappa shape index (κ1) is 64.9. The fourth-order valence-corrected chi connectivity index (χ4v) is 8.33. The molecule has 0 spiro atoms. The number of nitrogens with one attached hydrogen (secondary N) is 1. The second-order valence-corrected chi connectivity index (χ2v) is 18.5. The first-order chi connectivity index (χ1) is 38.4. The Morgan fingerprint density at radius 2 is 1.24 bits per heavy atom. The maximum absolute atomic E-state index is 12.3. The summed E-state index contributed by atoms with van der Waals surface area (Å²) in [6, 6.07) is 30.9.